The summed E-state index contributed by atoms with van der Waals surface area (Å²) in [6.45, 7) is 7.40. The van der Waals surface area contributed by atoms with E-state index in [4.69, 9.17) is 0 Å². The molecule has 1 aliphatic rings. The zero-order chi connectivity index (χ0) is 13.2. The van der Waals surface area contributed by atoms with Crippen molar-refractivity contribution in [2.45, 2.75) is 58.7 Å². The maximum Gasteiger partial charge on any atom is 0.373 e. The van der Waals surface area contributed by atoms with Gasteiger partial charge in [-0.2, -0.15) is 0 Å². The molecule has 1 fully saturated rings. The van der Waals surface area contributed by atoms with Gasteiger partial charge in [0.25, 0.3) is 0 Å². The van der Waals surface area contributed by atoms with Crippen LogP contribution in [0.3, 0.4) is 0 Å². The molecule has 0 heterocycles. The summed E-state index contributed by atoms with van der Waals surface area (Å²) in [5, 5.41) is 16.0. The molecule has 0 saturated heterocycles. The Morgan fingerprint density at radius 3 is 2.56 bits per heavy atom. The normalized spacial score (nSPS) is 24.2. The Labute approximate surface area is 113 Å². The van der Waals surface area contributed by atoms with Crippen LogP contribution in [-0.4, -0.2) is 31.7 Å². The molecule has 0 aromatic rings. The second-order valence-electron chi connectivity index (χ2n) is 5.89. The first-order chi connectivity index (χ1) is 8.72. The Morgan fingerprint density at radius 1 is 1.17 bits per heavy atom. The van der Waals surface area contributed by atoms with Gasteiger partial charge in [-0.15, -0.1) is 0 Å². The van der Waals surface area contributed by atoms with Gasteiger partial charge in [0, 0.05) is 0 Å². The summed E-state index contributed by atoms with van der Waals surface area (Å²) < 4.78 is 0. The average Bonchev–Trinajstić information content (AvgIpc) is 2.37. The first-order valence-corrected chi connectivity index (χ1v) is 7.84. The summed E-state index contributed by atoms with van der Waals surface area (Å²) in [4.78, 5) is 0. The molecule has 1 aliphatic carbocycles. The predicted molar refractivity (Wildman–Crippen MR) is 79.7 cm³/mol. The van der Waals surface area contributed by atoms with E-state index in [0.717, 1.165) is 18.4 Å². The summed E-state index contributed by atoms with van der Waals surface area (Å²) in [6, 6.07) is 0. The fourth-order valence-corrected chi connectivity index (χ4v) is 2.92. The fourth-order valence-electron chi connectivity index (χ4n) is 2.92. The molecule has 3 nitrogen and oxygen atoms in total. The second-order valence-corrected chi connectivity index (χ2v) is 5.89. The third kappa shape index (κ3) is 7.40. The van der Waals surface area contributed by atoms with E-state index in [1.54, 1.807) is 6.82 Å². The monoisotopic (exact) mass is 254 g/mol. The summed E-state index contributed by atoms with van der Waals surface area (Å²) in [6.07, 6.45) is 9.35. The van der Waals surface area contributed by atoms with Crippen molar-refractivity contribution in [2.75, 3.05) is 19.6 Å². The molecule has 2 atom stereocenters. The Hall–Kier alpha value is -0.0551. The highest BCUT2D eigenvalue weighted by atomic mass is 16.2. The number of hydrogen-bond acceptors (Lipinski definition) is 3. The minimum Gasteiger partial charge on any atom is -0.437 e. The van der Waals surface area contributed by atoms with Crippen molar-refractivity contribution in [3.8, 4) is 0 Å². The van der Waals surface area contributed by atoms with Gasteiger partial charge in [-0.3, -0.25) is 0 Å². The second kappa shape index (κ2) is 9.82. The minimum absolute atomic E-state index is 0.363. The molecule has 3 N–H and O–H groups in total. The number of nitrogens with one attached hydrogen (secondary N) is 2. The highest BCUT2D eigenvalue weighted by Crippen LogP contribution is 2.28. The van der Waals surface area contributed by atoms with Gasteiger partial charge in [-0.1, -0.05) is 26.2 Å². The zero-order valence-corrected chi connectivity index (χ0v) is 12.3. The van der Waals surface area contributed by atoms with Crippen LogP contribution in [0.25, 0.3) is 0 Å². The molecule has 0 aromatic carbocycles. The molecule has 106 valence electrons. The maximum absolute atomic E-state index is 9.25. The van der Waals surface area contributed by atoms with Crippen LogP contribution in [-0.2, 0) is 0 Å². The summed E-state index contributed by atoms with van der Waals surface area (Å²) in [5.41, 5.74) is 0. The third-order valence-electron chi connectivity index (χ3n) is 3.98. The van der Waals surface area contributed by atoms with E-state index in [2.05, 4.69) is 17.5 Å². The topological polar surface area (TPSA) is 44.3 Å². The van der Waals surface area contributed by atoms with Crippen molar-refractivity contribution in [2.24, 2.45) is 11.8 Å². The largest absolute Gasteiger partial charge is 0.437 e. The van der Waals surface area contributed by atoms with Crippen LogP contribution in [0.5, 0.6) is 0 Å². The average molecular weight is 254 g/mol. The van der Waals surface area contributed by atoms with E-state index < -0.39 is 0 Å². The van der Waals surface area contributed by atoms with Gasteiger partial charge in [0.1, 0.15) is 0 Å². The Morgan fingerprint density at radius 2 is 1.89 bits per heavy atom. The quantitative estimate of drug-likeness (QED) is 0.437. The van der Waals surface area contributed by atoms with E-state index in [-0.39, 0.29) is 7.05 Å². The van der Waals surface area contributed by atoms with Gasteiger partial charge in [-0.25, -0.2) is 0 Å². The van der Waals surface area contributed by atoms with E-state index in [1.165, 1.54) is 58.0 Å². The lowest BCUT2D eigenvalue weighted by Crippen LogP contribution is -2.37. The van der Waals surface area contributed by atoms with Crippen LogP contribution in [0.4, 0.5) is 0 Å². The molecule has 0 aliphatic heterocycles. The van der Waals surface area contributed by atoms with Crippen molar-refractivity contribution in [1.29, 1.82) is 0 Å². The summed E-state index contributed by atoms with van der Waals surface area (Å²) in [5.74, 6) is 1.61. The Balaban J connectivity index is 2.07. The van der Waals surface area contributed by atoms with Crippen molar-refractivity contribution in [1.82, 2.24) is 10.5 Å². The van der Waals surface area contributed by atoms with E-state index >= 15 is 0 Å². The molecule has 1 rings (SSSR count). The molecule has 4 heteroatoms. The van der Waals surface area contributed by atoms with Crippen LogP contribution < -0.4 is 10.5 Å². The molecular weight excluding hydrogens is 223 g/mol. The first-order valence-electron chi connectivity index (χ1n) is 7.84. The third-order valence-corrected chi connectivity index (χ3v) is 3.98. The Bertz CT molecular complexity index is 202. The number of unbranched alkanes of at least 4 members (excludes halogenated alkanes) is 2. The fraction of sp³-hybridized carbons (Fsp3) is 1.00. The van der Waals surface area contributed by atoms with Gasteiger partial charge in [0.2, 0.25) is 0 Å². The van der Waals surface area contributed by atoms with Gasteiger partial charge in [0.15, 0.2) is 0 Å². The molecular formula is C14H31BN2O. The molecule has 1 saturated carbocycles. The molecule has 0 unspecified atom stereocenters. The van der Waals surface area contributed by atoms with E-state index in [1.807, 2.05) is 0 Å². The van der Waals surface area contributed by atoms with Crippen molar-refractivity contribution in [3.63, 3.8) is 0 Å². The van der Waals surface area contributed by atoms with Crippen LogP contribution in [0.1, 0.15) is 51.9 Å². The smallest absolute Gasteiger partial charge is 0.373 e. The van der Waals surface area contributed by atoms with E-state index in [9.17, 15) is 5.02 Å². The van der Waals surface area contributed by atoms with Crippen LogP contribution in [0.2, 0.25) is 6.82 Å². The highest BCUT2D eigenvalue weighted by molar-refractivity contribution is 6.45. The molecule has 0 aromatic heterocycles. The van der Waals surface area contributed by atoms with Crippen LogP contribution >= 0.6 is 0 Å². The van der Waals surface area contributed by atoms with Gasteiger partial charge >= 0.3 is 7.05 Å². The van der Waals surface area contributed by atoms with Gasteiger partial charge in [-0.05, 0) is 64.0 Å². The number of rotatable bonds is 9. The van der Waals surface area contributed by atoms with Gasteiger partial charge < -0.3 is 15.6 Å². The van der Waals surface area contributed by atoms with Crippen molar-refractivity contribution in [3.05, 3.63) is 0 Å². The van der Waals surface area contributed by atoms with Crippen molar-refractivity contribution < 1.29 is 5.02 Å². The molecule has 0 bridgehead atoms. The maximum atomic E-state index is 9.25. The molecule has 0 spiro atoms. The minimum atomic E-state index is -0.363. The zero-order valence-electron chi connectivity index (χ0n) is 12.3. The Kier molecular flexibility index (Phi) is 8.73. The lowest BCUT2D eigenvalue weighted by molar-refractivity contribution is 0.258. The van der Waals surface area contributed by atoms with Crippen LogP contribution in [0, 0.1) is 11.8 Å². The summed E-state index contributed by atoms with van der Waals surface area (Å²) in [7, 11) is -0.363. The molecule has 18 heavy (non-hydrogen) atoms. The van der Waals surface area contributed by atoms with Crippen LogP contribution in [0.15, 0.2) is 0 Å². The predicted octanol–water partition coefficient (Wildman–Crippen LogP) is 2.27. The van der Waals surface area contributed by atoms with Gasteiger partial charge in [0.05, 0.1) is 0 Å². The standard InChI is InChI=1S/C14H31BN2O/c1-3-4-5-9-16-11-13-7-6-8-14(10-13)12-17-15(2)18/h13-14,16-18H,3-12H2,1-2H3/t13-,14+/m1/s1. The highest BCUT2D eigenvalue weighted by Gasteiger charge is 2.21. The molecule has 0 radical (unpaired) electrons. The number of hydrogen-bond donors (Lipinski definition) is 3. The van der Waals surface area contributed by atoms with E-state index in [0.29, 0.717) is 0 Å². The lowest BCUT2D eigenvalue weighted by Gasteiger charge is -2.29. The van der Waals surface area contributed by atoms with Crippen molar-refractivity contribution >= 4 is 7.05 Å². The lowest BCUT2D eigenvalue weighted by atomic mass is 9.79. The summed E-state index contributed by atoms with van der Waals surface area (Å²) >= 11 is 0. The first kappa shape index (κ1) is 16.0. The SMILES string of the molecule is CCCCCNC[C@@H]1CCC[C@H](CNB(C)O)C1. The molecule has 0 amide bonds.